The van der Waals surface area contributed by atoms with Gasteiger partial charge in [0, 0.05) is 18.5 Å². The summed E-state index contributed by atoms with van der Waals surface area (Å²) < 4.78 is 0. The van der Waals surface area contributed by atoms with E-state index in [-0.39, 0.29) is 5.91 Å². The van der Waals surface area contributed by atoms with Crippen LogP contribution in [0.2, 0.25) is 0 Å². The van der Waals surface area contributed by atoms with Crippen molar-refractivity contribution >= 4 is 17.5 Å². The number of rotatable bonds is 4. The van der Waals surface area contributed by atoms with E-state index in [4.69, 9.17) is 11.6 Å². The first-order valence-electron chi connectivity index (χ1n) is 4.90. The minimum atomic E-state index is -0.403. The maximum absolute atomic E-state index is 12.0. The zero-order valence-corrected chi connectivity index (χ0v) is 9.40. The van der Waals surface area contributed by atoms with Gasteiger partial charge in [0.25, 0.3) is 0 Å². The average molecular weight is 204 g/mol. The smallest absolute Gasteiger partial charge is 0.229 e. The van der Waals surface area contributed by atoms with Crippen molar-refractivity contribution in [1.29, 1.82) is 0 Å². The molecule has 0 unspecified atom stereocenters. The molecule has 1 fully saturated rings. The Morgan fingerprint density at radius 2 is 2.08 bits per heavy atom. The molecule has 0 aromatic heterocycles. The second-order valence-electron chi connectivity index (χ2n) is 4.34. The molecule has 0 spiro atoms. The van der Waals surface area contributed by atoms with Gasteiger partial charge in [0.1, 0.15) is 0 Å². The molecular formula is C10H18ClNO. The molecule has 0 N–H and O–H groups in total. The van der Waals surface area contributed by atoms with Crippen LogP contribution >= 0.6 is 11.6 Å². The van der Waals surface area contributed by atoms with Gasteiger partial charge >= 0.3 is 0 Å². The fourth-order valence-electron chi connectivity index (χ4n) is 1.40. The Morgan fingerprint density at radius 3 is 2.38 bits per heavy atom. The predicted octanol–water partition coefficient (Wildman–Crippen LogP) is 2.26. The minimum absolute atomic E-state index is 0.201. The SMILES string of the molecule is CCN(C(=O)C(C)(C)CCl)C1CC1. The van der Waals surface area contributed by atoms with Crippen LogP contribution in [0.1, 0.15) is 33.6 Å². The van der Waals surface area contributed by atoms with E-state index in [1.807, 2.05) is 25.7 Å². The Balaban J connectivity index is 2.62. The first kappa shape index (κ1) is 10.8. The van der Waals surface area contributed by atoms with Crippen LogP contribution in [0.5, 0.6) is 0 Å². The van der Waals surface area contributed by atoms with Crippen molar-refractivity contribution in [1.82, 2.24) is 4.90 Å². The zero-order valence-electron chi connectivity index (χ0n) is 8.64. The number of hydrogen-bond donors (Lipinski definition) is 0. The fraction of sp³-hybridized carbons (Fsp3) is 0.900. The molecule has 1 amide bonds. The normalized spacial score (nSPS) is 17.2. The van der Waals surface area contributed by atoms with Gasteiger partial charge in [-0.15, -0.1) is 11.6 Å². The van der Waals surface area contributed by atoms with Crippen molar-refractivity contribution in [2.24, 2.45) is 5.41 Å². The summed E-state index contributed by atoms with van der Waals surface area (Å²) in [6, 6.07) is 0.500. The maximum atomic E-state index is 12.0. The van der Waals surface area contributed by atoms with Crippen molar-refractivity contribution in [2.75, 3.05) is 12.4 Å². The highest BCUT2D eigenvalue weighted by Crippen LogP contribution is 2.31. The van der Waals surface area contributed by atoms with E-state index in [9.17, 15) is 4.79 Å². The summed E-state index contributed by atoms with van der Waals surface area (Å²) in [6.45, 7) is 6.66. The summed E-state index contributed by atoms with van der Waals surface area (Å²) >= 11 is 5.77. The van der Waals surface area contributed by atoms with E-state index in [0.717, 1.165) is 19.4 Å². The third-order valence-electron chi connectivity index (χ3n) is 2.50. The predicted molar refractivity (Wildman–Crippen MR) is 54.9 cm³/mol. The summed E-state index contributed by atoms with van der Waals surface area (Å²) in [5.74, 6) is 0.599. The fourth-order valence-corrected chi connectivity index (χ4v) is 1.51. The summed E-state index contributed by atoms with van der Waals surface area (Å²) in [7, 11) is 0. The van der Waals surface area contributed by atoms with Gasteiger partial charge in [-0.25, -0.2) is 0 Å². The quantitative estimate of drug-likeness (QED) is 0.642. The van der Waals surface area contributed by atoms with Crippen LogP contribution in [0.4, 0.5) is 0 Å². The van der Waals surface area contributed by atoms with Crippen molar-refractivity contribution in [3.63, 3.8) is 0 Å². The zero-order chi connectivity index (χ0) is 10.1. The Bertz CT molecular complexity index is 199. The van der Waals surface area contributed by atoms with Crippen molar-refractivity contribution in [3.8, 4) is 0 Å². The second-order valence-corrected chi connectivity index (χ2v) is 4.61. The van der Waals surface area contributed by atoms with Gasteiger partial charge in [-0.1, -0.05) is 0 Å². The van der Waals surface area contributed by atoms with Gasteiger partial charge in [-0.2, -0.15) is 0 Å². The average Bonchev–Trinajstić information content (AvgIpc) is 2.89. The Hall–Kier alpha value is -0.240. The molecule has 13 heavy (non-hydrogen) atoms. The number of carbonyl (C=O) groups is 1. The standard InChI is InChI=1S/C10H18ClNO/c1-4-12(8-5-6-8)9(13)10(2,3)7-11/h8H,4-7H2,1-3H3. The van der Waals surface area contributed by atoms with E-state index in [1.165, 1.54) is 0 Å². The number of hydrogen-bond acceptors (Lipinski definition) is 1. The van der Waals surface area contributed by atoms with Crippen LogP contribution in [0.15, 0.2) is 0 Å². The molecular weight excluding hydrogens is 186 g/mol. The van der Waals surface area contributed by atoms with Gasteiger partial charge in [0.15, 0.2) is 0 Å². The molecule has 0 radical (unpaired) electrons. The third-order valence-corrected chi connectivity index (χ3v) is 3.17. The molecule has 1 rings (SSSR count). The molecule has 2 nitrogen and oxygen atoms in total. The van der Waals surface area contributed by atoms with E-state index in [2.05, 4.69) is 0 Å². The molecule has 1 aliphatic rings. The van der Waals surface area contributed by atoms with Crippen LogP contribution in [0.3, 0.4) is 0 Å². The molecule has 0 aliphatic heterocycles. The lowest BCUT2D eigenvalue weighted by Crippen LogP contribution is -2.43. The highest BCUT2D eigenvalue weighted by molar-refractivity contribution is 6.19. The van der Waals surface area contributed by atoms with Crippen LogP contribution < -0.4 is 0 Å². The summed E-state index contributed by atoms with van der Waals surface area (Å²) in [5.41, 5.74) is -0.403. The minimum Gasteiger partial charge on any atom is -0.339 e. The molecule has 3 heteroatoms. The first-order valence-corrected chi connectivity index (χ1v) is 5.43. The molecule has 1 aliphatic carbocycles. The number of carbonyl (C=O) groups excluding carboxylic acids is 1. The van der Waals surface area contributed by atoms with Gasteiger partial charge in [0.05, 0.1) is 5.41 Å². The van der Waals surface area contributed by atoms with Crippen molar-refractivity contribution < 1.29 is 4.79 Å². The van der Waals surface area contributed by atoms with Gasteiger partial charge in [-0.05, 0) is 33.6 Å². The van der Waals surface area contributed by atoms with E-state index in [1.54, 1.807) is 0 Å². The lowest BCUT2D eigenvalue weighted by atomic mass is 9.94. The van der Waals surface area contributed by atoms with Crippen molar-refractivity contribution in [3.05, 3.63) is 0 Å². The number of halogens is 1. The maximum Gasteiger partial charge on any atom is 0.229 e. The van der Waals surface area contributed by atoms with Gasteiger partial charge in [0.2, 0.25) is 5.91 Å². The van der Waals surface area contributed by atoms with Crippen LogP contribution in [0.25, 0.3) is 0 Å². The second kappa shape index (κ2) is 3.87. The van der Waals surface area contributed by atoms with Crippen LogP contribution in [-0.4, -0.2) is 29.3 Å². The summed E-state index contributed by atoms with van der Waals surface area (Å²) in [5, 5.41) is 0. The monoisotopic (exact) mass is 203 g/mol. The molecule has 0 saturated heterocycles. The summed E-state index contributed by atoms with van der Waals surface area (Å²) in [6.07, 6.45) is 2.33. The Kier molecular flexibility index (Phi) is 3.23. The van der Waals surface area contributed by atoms with E-state index in [0.29, 0.717) is 11.9 Å². The number of alkyl halides is 1. The van der Waals surface area contributed by atoms with Crippen LogP contribution in [0, 0.1) is 5.41 Å². The lowest BCUT2D eigenvalue weighted by Gasteiger charge is -2.29. The highest BCUT2D eigenvalue weighted by Gasteiger charge is 2.38. The lowest BCUT2D eigenvalue weighted by molar-refractivity contribution is -0.139. The van der Waals surface area contributed by atoms with E-state index < -0.39 is 5.41 Å². The molecule has 0 aromatic rings. The topological polar surface area (TPSA) is 20.3 Å². The third kappa shape index (κ3) is 2.37. The number of nitrogens with zero attached hydrogens (tertiary/aromatic N) is 1. The Labute approximate surface area is 85.2 Å². The molecule has 0 bridgehead atoms. The van der Waals surface area contributed by atoms with Gasteiger partial charge < -0.3 is 4.90 Å². The first-order chi connectivity index (χ1) is 6.03. The van der Waals surface area contributed by atoms with Crippen LogP contribution in [-0.2, 0) is 4.79 Å². The molecule has 0 atom stereocenters. The molecule has 0 heterocycles. The Morgan fingerprint density at radius 1 is 1.54 bits per heavy atom. The van der Waals surface area contributed by atoms with Gasteiger partial charge in [-0.3, -0.25) is 4.79 Å². The largest absolute Gasteiger partial charge is 0.339 e. The van der Waals surface area contributed by atoms with Crippen molar-refractivity contribution in [2.45, 2.75) is 39.7 Å². The molecule has 0 aromatic carbocycles. The van der Waals surface area contributed by atoms with E-state index >= 15 is 0 Å². The molecule has 1 saturated carbocycles. The molecule has 76 valence electrons. The number of amides is 1. The highest BCUT2D eigenvalue weighted by atomic mass is 35.5. The summed E-state index contributed by atoms with van der Waals surface area (Å²) in [4.78, 5) is 13.9.